The molecule has 1 aliphatic heterocycles. The SMILES string of the molecule is O=C(O)NCC1CC2(CCN(c3ccc4cc(F)ccc4n3)CC2)C1. The van der Waals surface area contributed by atoms with Crippen LogP contribution in [0.1, 0.15) is 25.7 Å². The minimum absolute atomic E-state index is 0.237. The monoisotopic (exact) mass is 343 g/mol. The van der Waals surface area contributed by atoms with Gasteiger partial charge in [0.1, 0.15) is 11.6 Å². The summed E-state index contributed by atoms with van der Waals surface area (Å²) in [4.78, 5) is 17.6. The van der Waals surface area contributed by atoms with Crippen molar-refractivity contribution in [3.05, 3.63) is 36.1 Å². The van der Waals surface area contributed by atoms with Crippen molar-refractivity contribution >= 4 is 22.8 Å². The third-order valence-electron chi connectivity index (χ3n) is 5.77. The first-order chi connectivity index (χ1) is 12.0. The van der Waals surface area contributed by atoms with Crippen LogP contribution in [0.4, 0.5) is 15.0 Å². The minimum Gasteiger partial charge on any atom is -0.465 e. The number of nitrogens with one attached hydrogen (secondary N) is 1. The van der Waals surface area contributed by atoms with Gasteiger partial charge >= 0.3 is 6.09 Å². The maximum atomic E-state index is 13.3. The molecule has 0 radical (unpaired) electrons. The van der Waals surface area contributed by atoms with Gasteiger partial charge in [-0.05, 0) is 67.3 Å². The van der Waals surface area contributed by atoms with Crippen molar-refractivity contribution in [3.8, 4) is 0 Å². The smallest absolute Gasteiger partial charge is 0.404 e. The summed E-state index contributed by atoms with van der Waals surface area (Å²) in [7, 11) is 0. The number of aromatic nitrogens is 1. The van der Waals surface area contributed by atoms with Gasteiger partial charge in [-0.25, -0.2) is 14.2 Å². The van der Waals surface area contributed by atoms with Gasteiger partial charge in [0.2, 0.25) is 0 Å². The van der Waals surface area contributed by atoms with Crippen molar-refractivity contribution in [1.82, 2.24) is 10.3 Å². The summed E-state index contributed by atoms with van der Waals surface area (Å²) in [5.74, 6) is 1.20. The number of hydrogen-bond donors (Lipinski definition) is 2. The summed E-state index contributed by atoms with van der Waals surface area (Å²) in [5, 5.41) is 12.0. The van der Waals surface area contributed by atoms with Crippen molar-refractivity contribution < 1.29 is 14.3 Å². The minimum atomic E-state index is -0.932. The van der Waals surface area contributed by atoms with Gasteiger partial charge in [-0.15, -0.1) is 0 Å². The quantitative estimate of drug-likeness (QED) is 0.893. The molecule has 1 spiro atoms. The van der Waals surface area contributed by atoms with Crippen LogP contribution in [0.15, 0.2) is 30.3 Å². The highest BCUT2D eigenvalue weighted by Gasteiger charge is 2.45. The number of piperidine rings is 1. The van der Waals surface area contributed by atoms with E-state index >= 15 is 0 Å². The van der Waals surface area contributed by atoms with Crippen molar-refractivity contribution in [2.75, 3.05) is 24.5 Å². The van der Waals surface area contributed by atoms with Crippen molar-refractivity contribution in [3.63, 3.8) is 0 Å². The van der Waals surface area contributed by atoms with Crippen LogP contribution in [0.3, 0.4) is 0 Å². The molecule has 25 heavy (non-hydrogen) atoms. The Morgan fingerprint density at radius 2 is 2.04 bits per heavy atom. The number of amides is 1. The Hall–Kier alpha value is -2.37. The molecule has 2 aliphatic rings. The Bertz CT molecular complexity index is 794. The van der Waals surface area contributed by atoms with Crippen LogP contribution < -0.4 is 10.2 Å². The van der Waals surface area contributed by atoms with E-state index in [1.54, 1.807) is 6.07 Å². The molecule has 1 aliphatic carbocycles. The first-order valence-electron chi connectivity index (χ1n) is 8.81. The fourth-order valence-corrected chi connectivity index (χ4v) is 4.42. The third-order valence-corrected chi connectivity index (χ3v) is 5.77. The number of carboxylic acid groups (broad SMARTS) is 1. The van der Waals surface area contributed by atoms with E-state index in [0.29, 0.717) is 17.9 Å². The van der Waals surface area contributed by atoms with E-state index in [1.165, 1.54) is 12.1 Å². The maximum absolute atomic E-state index is 13.3. The van der Waals surface area contributed by atoms with E-state index < -0.39 is 6.09 Å². The van der Waals surface area contributed by atoms with E-state index in [4.69, 9.17) is 5.11 Å². The molecule has 0 unspecified atom stereocenters. The highest BCUT2D eigenvalue weighted by molar-refractivity contribution is 5.80. The zero-order chi connectivity index (χ0) is 17.4. The first-order valence-corrected chi connectivity index (χ1v) is 8.81. The van der Waals surface area contributed by atoms with Gasteiger partial charge in [0, 0.05) is 25.0 Å². The lowest BCUT2D eigenvalue weighted by atomic mass is 9.57. The molecule has 2 fully saturated rings. The molecule has 0 bridgehead atoms. The topological polar surface area (TPSA) is 65.5 Å². The summed E-state index contributed by atoms with van der Waals surface area (Å²) < 4.78 is 13.3. The molecular weight excluding hydrogens is 321 g/mol. The molecule has 2 heterocycles. The molecule has 1 aromatic carbocycles. The lowest BCUT2D eigenvalue weighted by Gasteiger charge is -2.52. The van der Waals surface area contributed by atoms with Crippen molar-refractivity contribution in [2.24, 2.45) is 11.3 Å². The number of fused-ring (bicyclic) bond motifs is 1. The van der Waals surface area contributed by atoms with Crippen molar-refractivity contribution in [1.29, 1.82) is 0 Å². The standard InChI is InChI=1S/C19H22FN3O2/c20-15-2-3-16-14(9-15)1-4-17(22-16)23-7-5-19(6-8-23)10-13(11-19)12-21-18(24)25/h1-4,9,13,21H,5-8,10-12H2,(H,24,25). The van der Waals surface area contributed by atoms with Gasteiger partial charge in [-0.1, -0.05) is 0 Å². The number of anilines is 1. The number of pyridine rings is 1. The average molecular weight is 343 g/mol. The Balaban J connectivity index is 1.36. The molecule has 1 amide bonds. The number of hydrogen-bond acceptors (Lipinski definition) is 3. The first kappa shape index (κ1) is 16.1. The van der Waals surface area contributed by atoms with Gasteiger partial charge < -0.3 is 15.3 Å². The van der Waals surface area contributed by atoms with Crippen LogP contribution >= 0.6 is 0 Å². The van der Waals surface area contributed by atoms with Crippen molar-refractivity contribution in [2.45, 2.75) is 25.7 Å². The number of rotatable bonds is 3. The Labute approximate surface area is 145 Å². The average Bonchev–Trinajstić information content (AvgIpc) is 2.58. The molecule has 132 valence electrons. The van der Waals surface area contributed by atoms with E-state index in [0.717, 1.165) is 55.5 Å². The fourth-order valence-electron chi connectivity index (χ4n) is 4.42. The molecule has 2 aromatic rings. The van der Waals surface area contributed by atoms with Crippen LogP contribution in [0.25, 0.3) is 10.9 Å². The van der Waals surface area contributed by atoms with E-state index in [-0.39, 0.29) is 5.82 Å². The second kappa shape index (κ2) is 6.17. The van der Waals surface area contributed by atoms with Gasteiger partial charge in [-0.3, -0.25) is 0 Å². The van der Waals surface area contributed by atoms with Gasteiger partial charge in [0.05, 0.1) is 5.52 Å². The number of benzene rings is 1. The molecule has 0 atom stereocenters. The molecule has 6 heteroatoms. The normalized spacial score (nSPS) is 19.8. The lowest BCUT2D eigenvalue weighted by Crippen LogP contribution is -2.49. The predicted octanol–water partition coefficient (Wildman–Crippen LogP) is 3.64. The molecule has 2 N–H and O–H groups in total. The second-order valence-electron chi connectivity index (χ2n) is 7.45. The van der Waals surface area contributed by atoms with Gasteiger partial charge in [0.25, 0.3) is 0 Å². The molecule has 1 saturated carbocycles. The van der Waals surface area contributed by atoms with Crippen LogP contribution in [0, 0.1) is 17.2 Å². The lowest BCUT2D eigenvalue weighted by molar-refractivity contribution is 0.0285. The molecule has 1 aromatic heterocycles. The van der Waals surface area contributed by atoms with Crippen LogP contribution in [0.5, 0.6) is 0 Å². The van der Waals surface area contributed by atoms with E-state index in [2.05, 4.69) is 15.2 Å². The highest BCUT2D eigenvalue weighted by Crippen LogP contribution is 2.52. The number of nitrogens with zero attached hydrogens (tertiary/aromatic N) is 2. The zero-order valence-electron chi connectivity index (χ0n) is 14.0. The largest absolute Gasteiger partial charge is 0.465 e. The predicted molar refractivity (Wildman–Crippen MR) is 94.3 cm³/mol. The van der Waals surface area contributed by atoms with E-state index in [1.807, 2.05) is 12.1 Å². The fraction of sp³-hybridized carbons (Fsp3) is 0.474. The molecule has 4 rings (SSSR count). The molecular formula is C19H22FN3O2. The summed E-state index contributed by atoms with van der Waals surface area (Å²) in [6.07, 6.45) is 3.55. The van der Waals surface area contributed by atoms with Crippen LogP contribution in [0.2, 0.25) is 0 Å². The number of carbonyl (C=O) groups is 1. The number of halogens is 1. The Morgan fingerprint density at radius 3 is 2.76 bits per heavy atom. The summed E-state index contributed by atoms with van der Waals surface area (Å²) in [6, 6.07) is 8.59. The molecule has 5 nitrogen and oxygen atoms in total. The third kappa shape index (κ3) is 3.25. The van der Waals surface area contributed by atoms with Gasteiger partial charge in [-0.2, -0.15) is 0 Å². The second-order valence-corrected chi connectivity index (χ2v) is 7.45. The highest BCUT2D eigenvalue weighted by atomic mass is 19.1. The van der Waals surface area contributed by atoms with Gasteiger partial charge in [0.15, 0.2) is 0 Å². The summed E-state index contributed by atoms with van der Waals surface area (Å²) in [6.45, 7) is 2.52. The maximum Gasteiger partial charge on any atom is 0.404 e. The van der Waals surface area contributed by atoms with Crippen LogP contribution in [-0.2, 0) is 0 Å². The zero-order valence-corrected chi connectivity index (χ0v) is 14.0. The summed E-state index contributed by atoms with van der Waals surface area (Å²) >= 11 is 0. The molecule has 1 saturated heterocycles. The summed E-state index contributed by atoms with van der Waals surface area (Å²) in [5.41, 5.74) is 1.21. The Kier molecular flexibility index (Phi) is 3.98. The Morgan fingerprint density at radius 1 is 1.28 bits per heavy atom. The van der Waals surface area contributed by atoms with E-state index in [9.17, 15) is 9.18 Å². The van der Waals surface area contributed by atoms with Crippen LogP contribution in [-0.4, -0.2) is 35.8 Å².